The number of carbonyl (C=O) groups excluding carboxylic acids is 1. The molecule has 0 aliphatic heterocycles. The maximum atomic E-state index is 9.14. The van der Waals surface area contributed by atoms with Crippen molar-refractivity contribution in [3.05, 3.63) is 0 Å². The Kier molecular flexibility index (Phi) is 30.1. The minimum absolute atomic E-state index is 0. The smallest absolute Gasteiger partial charge is 0.807 e. The molecule has 0 saturated carbocycles. The summed E-state index contributed by atoms with van der Waals surface area (Å²) in [7, 11) is -5.43. The summed E-state index contributed by atoms with van der Waals surface area (Å²) in [6.45, 7) is 0. The first-order chi connectivity index (χ1) is 2.94. The van der Waals surface area contributed by atoms with Crippen LogP contribution in [0.25, 0.3) is 0 Å². The van der Waals surface area contributed by atoms with Crippen LogP contribution >= 0.6 is 7.60 Å². The van der Waals surface area contributed by atoms with Gasteiger partial charge in [-0.25, -0.2) is 0 Å². The van der Waals surface area contributed by atoms with Crippen LogP contribution in [0.4, 0.5) is 4.79 Å². The summed E-state index contributed by atoms with van der Waals surface area (Å²) in [4.78, 5) is 27.3. The Morgan fingerprint density at radius 1 is 1.18 bits per heavy atom. The quantitative estimate of drug-likeness (QED) is 0.340. The Morgan fingerprint density at radius 2 is 1.27 bits per heavy atom. The molecule has 0 fully saturated rings. The number of carbonyl (C=O) groups is 1. The molecule has 0 spiro atoms. The average molecular weight is 375 g/mol. The third-order valence-electron chi connectivity index (χ3n) is 0.224. The van der Waals surface area contributed by atoms with E-state index in [1.54, 1.807) is 0 Å². The minimum atomic E-state index is -5.43. The van der Waals surface area contributed by atoms with Crippen molar-refractivity contribution in [2.45, 2.75) is 0 Å². The molecule has 0 saturated heterocycles. The van der Waals surface area contributed by atoms with Crippen molar-refractivity contribution in [2.24, 2.45) is 0 Å². The van der Waals surface area contributed by atoms with Gasteiger partial charge in [0.2, 0.25) is 0 Å². The van der Waals surface area contributed by atoms with Crippen LogP contribution in [0.2, 0.25) is 0 Å². The van der Waals surface area contributed by atoms with Gasteiger partial charge < -0.3 is 36.6 Å². The molecule has 6 N–H and O–H groups in total. The summed E-state index contributed by atoms with van der Waals surface area (Å²) in [6.07, 6.45) is 0. The van der Waals surface area contributed by atoms with Crippen molar-refractivity contribution in [1.29, 1.82) is 0 Å². The summed E-state index contributed by atoms with van der Waals surface area (Å²) in [6, 6.07) is 0. The average Bonchev–Trinajstić information content (AvgIpc) is 1.31. The topological polar surface area (TPSA) is 173 Å². The van der Waals surface area contributed by atoms with Gasteiger partial charge in [-0.3, -0.25) is 0 Å². The Morgan fingerprint density at radius 3 is 1.27 bits per heavy atom. The summed E-state index contributed by atoms with van der Waals surface area (Å²) >= 11 is 0. The summed E-state index contributed by atoms with van der Waals surface area (Å²) in [5.74, 6) is 0. The molecule has 0 bridgehead atoms. The summed E-state index contributed by atoms with van der Waals surface area (Å²) in [5, 5.41) is 9.02. The first-order valence-electron chi connectivity index (χ1n) is 1.18. The van der Waals surface area contributed by atoms with E-state index in [-0.39, 0.29) is 62.9 Å². The molecule has 0 rings (SSSR count). The molecule has 0 aliphatic carbocycles. The molecule has 0 amide bonds. The van der Waals surface area contributed by atoms with E-state index in [1.165, 1.54) is 0 Å². The standard InChI is InChI=1S/CH3O5P.2H3N.Na.Pt/c2-1(3)7(4,5)6;;;;/h(H,2,3)(H2,4,5,6);2*1H3;;/q;;;+1;+4/p-3. The molecule has 11 heavy (non-hydrogen) atoms. The van der Waals surface area contributed by atoms with Gasteiger partial charge in [-0.05, 0) is 7.60 Å². The second-order valence-electron chi connectivity index (χ2n) is 0.763. The van der Waals surface area contributed by atoms with Crippen molar-refractivity contribution < 1.29 is 74.9 Å². The Labute approximate surface area is 99.8 Å². The molecule has 0 radical (unpaired) electrons. The van der Waals surface area contributed by atoms with E-state index in [0.29, 0.717) is 0 Å². The van der Waals surface area contributed by atoms with Crippen LogP contribution in [0.1, 0.15) is 0 Å². The Bertz CT molecular complexity index is 136. The van der Waals surface area contributed by atoms with Gasteiger partial charge in [0.25, 0.3) is 0 Å². The van der Waals surface area contributed by atoms with Crippen LogP contribution in [0.3, 0.4) is 0 Å². The molecule has 0 unspecified atom stereocenters. The largest absolute Gasteiger partial charge is 4.00 e. The fourth-order valence-electron chi connectivity index (χ4n) is 0. The molecule has 0 heterocycles. The van der Waals surface area contributed by atoms with Crippen LogP contribution in [0.15, 0.2) is 0 Å². The maximum Gasteiger partial charge on any atom is 4.00 e. The van der Waals surface area contributed by atoms with E-state index in [9.17, 15) is 0 Å². The molecular formula is CH6N2NaO5PPt+2. The minimum Gasteiger partial charge on any atom is -0.807 e. The van der Waals surface area contributed by atoms with Crippen LogP contribution in [0.5, 0.6) is 0 Å². The summed E-state index contributed by atoms with van der Waals surface area (Å²) in [5.41, 5.74) is -2.56. The van der Waals surface area contributed by atoms with Gasteiger partial charge in [0, 0.05) is 0 Å². The monoisotopic (exact) mass is 375 g/mol. The normalized spacial score (nSPS) is 7.09. The third kappa shape index (κ3) is 18.3. The van der Waals surface area contributed by atoms with Crippen LogP contribution in [0, 0.1) is 0 Å². The zero-order valence-electron chi connectivity index (χ0n) is 5.72. The zero-order chi connectivity index (χ0) is 6.08. The van der Waals surface area contributed by atoms with Crippen LogP contribution in [-0.2, 0) is 25.6 Å². The van der Waals surface area contributed by atoms with Gasteiger partial charge in [0.15, 0.2) is 0 Å². The van der Waals surface area contributed by atoms with Crippen molar-refractivity contribution >= 4 is 13.3 Å². The van der Waals surface area contributed by atoms with Gasteiger partial charge >= 0.3 is 50.6 Å². The Hall–Kier alpha value is 1.23. The number of hydrogen-bond donors (Lipinski definition) is 2. The first-order valence-corrected chi connectivity index (χ1v) is 2.72. The van der Waals surface area contributed by atoms with Gasteiger partial charge in [-0.15, -0.1) is 0 Å². The molecule has 10 heteroatoms. The fourth-order valence-corrected chi connectivity index (χ4v) is 0. The van der Waals surface area contributed by atoms with Crippen molar-refractivity contribution in [3.8, 4) is 0 Å². The number of hydrogen-bond acceptors (Lipinski definition) is 7. The molecule has 0 aromatic heterocycles. The molecule has 64 valence electrons. The van der Waals surface area contributed by atoms with Crippen molar-refractivity contribution in [3.63, 3.8) is 0 Å². The predicted octanol–water partition coefficient (Wildman–Crippen LogP) is -5.43. The summed E-state index contributed by atoms with van der Waals surface area (Å²) < 4.78 is 9.14. The zero-order valence-corrected chi connectivity index (χ0v) is 10.9. The molecule has 7 nitrogen and oxygen atoms in total. The molecule has 0 atom stereocenters. The molecule has 0 aromatic carbocycles. The SMILES string of the molecule is N.N.O=C([O-])P(=O)([O-])[O-].[Na+].[Pt+4]. The molecule has 0 aromatic rings. The maximum absolute atomic E-state index is 9.14. The van der Waals surface area contributed by atoms with E-state index in [2.05, 4.69) is 0 Å². The Balaban J connectivity index is -0.0000000300. The van der Waals surface area contributed by atoms with Gasteiger partial charge in [-0.1, -0.05) is 0 Å². The third-order valence-corrected chi connectivity index (χ3v) is 0.671. The fraction of sp³-hybridized carbons (Fsp3) is 0. The van der Waals surface area contributed by atoms with E-state index >= 15 is 0 Å². The van der Waals surface area contributed by atoms with Crippen LogP contribution in [-0.4, -0.2) is 5.71 Å². The predicted molar refractivity (Wildman–Crippen MR) is 23.0 cm³/mol. The van der Waals surface area contributed by atoms with E-state index in [1.807, 2.05) is 0 Å². The van der Waals surface area contributed by atoms with E-state index < -0.39 is 13.3 Å². The van der Waals surface area contributed by atoms with Gasteiger partial charge in [0.05, 0.1) is 5.71 Å². The molecular weight excluding hydrogens is 369 g/mol. The van der Waals surface area contributed by atoms with Crippen LogP contribution < -0.4 is 56.8 Å². The van der Waals surface area contributed by atoms with E-state index in [0.717, 1.165) is 0 Å². The van der Waals surface area contributed by atoms with Crippen molar-refractivity contribution in [1.82, 2.24) is 12.3 Å². The van der Waals surface area contributed by atoms with E-state index in [4.69, 9.17) is 24.3 Å². The number of carboxylic acid groups (broad SMARTS) is 1. The van der Waals surface area contributed by atoms with Crippen molar-refractivity contribution in [2.75, 3.05) is 0 Å². The van der Waals surface area contributed by atoms with Gasteiger partial charge in [-0.2, -0.15) is 0 Å². The molecule has 0 aliphatic rings. The first kappa shape index (κ1) is 29.5. The second kappa shape index (κ2) is 11.2. The number of rotatable bonds is 1. The second-order valence-corrected chi connectivity index (χ2v) is 2.12. The van der Waals surface area contributed by atoms with Gasteiger partial charge in [0.1, 0.15) is 0 Å².